The molecule has 1 aromatic heterocycles. The summed E-state index contributed by atoms with van der Waals surface area (Å²) < 4.78 is 60.4. The Kier molecular flexibility index (Phi) is 6.84. The number of aromatic nitrogens is 1. The van der Waals surface area contributed by atoms with Gasteiger partial charge in [0.15, 0.2) is 5.60 Å². The summed E-state index contributed by atoms with van der Waals surface area (Å²) in [7, 11) is 3.01. The summed E-state index contributed by atoms with van der Waals surface area (Å²) in [6.45, 7) is 4.21. The number of aliphatic hydroxyl groups is 1. The van der Waals surface area contributed by atoms with Crippen LogP contribution in [-0.2, 0) is 12.0 Å². The van der Waals surface area contributed by atoms with E-state index < -0.39 is 29.7 Å². The number of rotatable bonds is 7. The Hall–Kier alpha value is -2.68. The monoisotopic (exact) mass is 413 g/mol. The zero-order valence-electron chi connectivity index (χ0n) is 16.6. The van der Waals surface area contributed by atoms with Crippen LogP contribution >= 0.6 is 0 Å². The van der Waals surface area contributed by atoms with Gasteiger partial charge in [0, 0.05) is 37.3 Å². The predicted molar refractivity (Wildman–Crippen MR) is 102 cm³/mol. The number of halogens is 4. The lowest BCUT2D eigenvalue weighted by Gasteiger charge is -2.32. The third-order valence-corrected chi connectivity index (χ3v) is 4.54. The SMILES string of the molecule is CCN(C)C=Nc1cc(OC)c(C(O)(Cc2cccc(F)n2)C(F)(F)F)cc1C. The van der Waals surface area contributed by atoms with Crippen LogP contribution in [0.2, 0.25) is 0 Å². The van der Waals surface area contributed by atoms with Crippen LogP contribution in [0.1, 0.15) is 23.7 Å². The standard InChI is InChI=1S/C20H23F4N3O2/c1-5-27(3)12-25-16-10-17(29-4)15(9-13(16)2)19(28,20(22,23)24)11-14-7-6-8-18(21)26-14/h6-10,12,28H,5,11H2,1-4H3. The zero-order chi connectivity index (χ0) is 21.8. The van der Waals surface area contributed by atoms with Crippen molar-refractivity contribution in [3.05, 3.63) is 53.1 Å². The van der Waals surface area contributed by atoms with Crippen molar-refractivity contribution in [1.29, 1.82) is 0 Å². The van der Waals surface area contributed by atoms with Crippen molar-refractivity contribution in [3.8, 4) is 5.75 Å². The highest BCUT2D eigenvalue weighted by Gasteiger charge is 2.56. The van der Waals surface area contributed by atoms with Crippen LogP contribution in [0.15, 0.2) is 35.3 Å². The molecule has 158 valence electrons. The number of ether oxygens (including phenoxy) is 1. The lowest BCUT2D eigenvalue weighted by molar-refractivity contribution is -0.267. The van der Waals surface area contributed by atoms with Crippen molar-refractivity contribution >= 4 is 12.0 Å². The maximum absolute atomic E-state index is 14.0. The molecule has 0 aliphatic carbocycles. The van der Waals surface area contributed by atoms with E-state index in [1.165, 1.54) is 31.4 Å². The summed E-state index contributed by atoms with van der Waals surface area (Å²) in [5, 5.41) is 10.7. The Morgan fingerprint density at radius 1 is 1.28 bits per heavy atom. The van der Waals surface area contributed by atoms with Gasteiger partial charge < -0.3 is 14.7 Å². The first-order valence-corrected chi connectivity index (χ1v) is 8.86. The lowest BCUT2D eigenvalue weighted by atomic mass is 9.86. The van der Waals surface area contributed by atoms with Gasteiger partial charge in [-0.1, -0.05) is 6.07 Å². The molecule has 0 fully saturated rings. The number of hydrogen-bond donors (Lipinski definition) is 1. The second-order valence-corrected chi connectivity index (χ2v) is 6.64. The first kappa shape index (κ1) is 22.6. The summed E-state index contributed by atoms with van der Waals surface area (Å²) in [4.78, 5) is 9.51. The minimum atomic E-state index is -5.06. The second-order valence-electron chi connectivity index (χ2n) is 6.64. The van der Waals surface area contributed by atoms with E-state index in [4.69, 9.17) is 4.74 Å². The molecule has 1 aromatic carbocycles. The molecule has 5 nitrogen and oxygen atoms in total. The van der Waals surface area contributed by atoms with Gasteiger partial charge in [0.2, 0.25) is 5.95 Å². The third kappa shape index (κ3) is 5.03. The number of hydrogen-bond acceptors (Lipinski definition) is 4. The summed E-state index contributed by atoms with van der Waals surface area (Å²) in [6.07, 6.45) is -4.48. The average molecular weight is 413 g/mol. The van der Waals surface area contributed by atoms with E-state index in [2.05, 4.69) is 9.98 Å². The molecular weight excluding hydrogens is 390 g/mol. The van der Waals surface area contributed by atoms with Crippen LogP contribution in [0.3, 0.4) is 0 Å². The van der Waals surface area contributed by atoms with Crippen LogP contribution in [0, 0.1) is 12.9 Å². The number of aryl methyl sites for hydroxylation is 1. The maximum atomic E-state index is 14.0. The summed E-state index contributed by atoms with van der Waals surface area (Å²) in [5.41, 5.74) is -3.24. The molecule has 2 rings (SSSR count). The first-order chi connectivity index (χ1) is 13.5. The molecule has 1 atom stereocenters. The summed E-state index contributed by atoms with van der Waals surface area (Å²) in [6, 6.07) is 5.99. The fraction of sp³-hybridized carbons (Fsp3) is 0.400. The van der Waals surface area contributed by atoms with Crippen molar-refractivity contribution in [2.45, 2.75) is 32.0 Å². The third-order valence-electron chi connectivity index (χ3n) is 4.54. The Bertz CT molecular complexity index is 887. The molecule has 0 radical (unpaired) electrons. The molecule has 1 N–H and O–H groups in total. The number of benzene rings is 1. The topological polar surface area (TPSA) is 58.0 Å². The van der Waals surface area contributed by atoms with Crippen LogP contribution < -0.4 is 4.74 Å². The fourth-order valence-electron chi connectivity index (χ4n) is 2.71. The Labute approximate surface area is 166 Å². The molecule has 0 aliphatic heterocycles. The quantitative estimate of drug-likeness (QED) is 0.321. The number of alkyl halides is 3. The van der Waals surface area contributed by atoms with Gasteiger partial charge in [-0.3, -0.25) is 0 Å². The molecular formula is C20H23F4N3O2. The van der Waals surface area contributed by atoms with E-state index in [0.29, 0.717) is 17.8 Å². The highest BCUT2D eigenvalue weighted by Crippen LogP contribution is 2.46. The molecule has 9 heteroatoms. The minimum Gasteiger partial charge on any atom is -0.496 e. The Balaban J connectivity index is 2.59. The molecule has 0 aliphatic rings. The molecule has 0 spiro atoms. The van der Waals surface area contributed by atoms with Gasteiger partial charge in [-0.15, -0.1) is 0 Å². The van der Waals surface area contributed by atoms with E-state index in [1.807, 2.05) is 6.92 Å². The molecule has 1 unspecified atom stereocenters. The molecule has 0 saturated carbocycles. The summed E-state index contributed by atoms with van der Waals surface area (Å²) in [5.74, 6) is -1.11. The maximum Gasteiger partial charge on any atom is 0.421 e. The summed E-state index contributed by atoms with van der Waals surface area (Å²) >= 11 is 0. The van der Waals surface area contributed by atoms with E-state index in [0.717, 1.165) is 6.07 Å². The van der Waals surface area contributed by atoms with Gasteiger partial charge in [0.05, 0.1) is 19.1 Å². The zero-order valence-corrected chi connectivity index (χ0v) is 16.6. The fourth-order valence-corrected chi connectivity index (χ4v) is 2.71. The Morgan fingerprint density at radius 2 is 1.97 bits per heavy atom. The van der Waals surface area contributed by atoms with E-state index >= 15 is 0 Å². The van der Waals surface area contributed by atoms with E-state index in [1.54, 1.807) is 25.2 Å². The van der Waals surface area contributed by atoms with Gasteiger partial charge in [-0.2, -0.15) is 17.6 Å². The largest absolute Gasteiger partial charge is 0.496 e. The normalized spacial score (nSPS) is 14.1. The van der Waals surface area contributed by atoms with Crippen molar-refractivity contribution in [1.82, 2.24) is 9.88 Å². The van der Waals surface area contributed by atoms with E-state index in [9.17, 15) is 22.7 Å². The molecule has 1 heterocycles. The van der Waals surface area contributed by atoms with Crippen LogP contribution in [0.25, 0.3) is 0 Å². The van der Waals surface area contributed by atoms with Gasteiger partial charge in [0.25, 0.3) is 0 Å². The first-order valence-electron chi connectivity index (χ1n) is 8.86. The molecule has 0 bridgehead atoms. The van der Waals surface area contributed by atoms with Crippen molar-refractivity contribution in [2.75, 3.05) is 20.7 Å². The predicted octanol–water partition coefficient (Wildman–Crippen LogP) is 4.14. The highest BCUT2D eigenvalue weighted by molar-refractivity contribution is 5.65. The average Bonchev–Trinajstić information content (AvgIpc) is 2.65. The number of aliphatic imine (C=N–C) groups is 1. The van der Waals surface area contributed by atoms with Gasteiger partial charge in [0.1, 0.15) is 5.75 Å². The Morgan fingerprint density at radius 3 is 2.52 bits per heavy atom. The van der Waals surface area contributed by atoms with E-state index in [-0.39, 0.29) is 11.4 Å². The van der Waals surface area contributed by atoms with Crippen molar-refractivity contribution in [2.24, 2.45) is 4.99 Å². The van der Waals surface area contributed by atoms with Gasteiger partial charge in [-0.05, 0) is 37.6 Å². The molecule has 0 amide bonds. The van der Waals surface area contributed by atoms with Gasteiger partial charge in [-0.25, -0.2) is 9.98 Å². The smallest absolute Gasteiger partial charge is 0.421 e. The highest BCUT2D eigenvalue weighted by atomic mass is 19.4. The second kappa shape index (κ2) is 8.77. The van der Waals surface area contributed by atoms with Crippen molar-refractivity contribution < 1.29 is 27.4 Å². The molecule has 29 heavy (non-hydrogen) atoms. The number of nitrogens with zero attached hydrogens (tertiary/aromatic N) is 3. The van der Waals surface area contributed by atoms with Crippen molar-refractivity contribution in [3.63, 3.8) is 0 Å². The number of methoxy groups -OCH3 is 1. The minimum absolute atomic E-state index is 0.182. The lowest BCUT2D eigenvalue weighted by Crippen LogP contribution is -2.44. The number of pyridine rings is 1. The van der Waals surface area contributed by atoms with Crippen LogP contribution in [-0.4, -0.2) is 48.2 Å². The van der Waals surface area contributed by atoms with Gasteiger partial charge >= 0.3 is 6.18 Å². The molecule has 0 saturated heterocycles. The van der Waals surface area contributed by atoms with Crippen LogP contribution in [0.4, 0.5) is 23.2 Å². The molecule has 2 aromatic rings. The van der Waals surface area contributed by atoms with Crippen LogP contribution in [0.5, 0.6) is 5.75 Å².